The number of sulfone groups is 1. The van der Waals surface area contributed by atoms with Crippen molar-refractivity contribution in [1.82, 2.24) is 10.2 Å². The quantitative estimate of drug-likeness (QED) is 0.844. The van der Waals surface area contributed by atoms with Crippen LogP contribution in [-0.4, -0.2) is 50.5 Å². The van der Waals surface area contributed by atoms with E-state index in [1.807, 2.05) is 0 Å². The zero-order valence-electron chi connectivity index (χ0n) is 15.2. The number of benzene rings is 2. The molecule has 2 amide bonds. The molecule has 1 aliphatic rings. The third-order valence-electron chi connectivity index (χ3n) is 4.78. The van der Waals surface area contributed by atoms with Gasteiger partial charge in [0.05, 0.1) is 17.5 Å². The molecule has 28 heavy (non-hydrogen) atoms. The maximum atomic E-state index is 14.1. The summed E-state index contributed by atoms with van der Waals surface area (Å²) in [7, 11) is -3.60. The summed E-state index contributed by atoms with van der Waals surface area (Å²) in [6.07, 6.45) is 0.113. The number of carbonyl (C=O) groups excluding carboxylic acids is 2. The fourth-order valence-corrected chi connectivity index (χ4v) is 5.04. The van der Waals surface area contributed by atoms with Crippen molar-refractivity contribution < 1.29 is 22.4 Å². The van der Waals surface area contributed by atoms with Crippen molar-refractivity contribution in [2.75, 3.05) is 25.4 Å². The normalized spacial score (nSPS) is 18.9. The second kappa shape index (κ2) is 8.52. The molecule has 1 heterocycles. The van der Waals surface area contributed by atoms with E-state index in [0.29, 0.717) is 5.56 Å². The largest absolute Gasteiger partial charge is 0.343 e. The minimum Gasteiger partial charge on any atom is -0.343 e. The molecule has 0 aromatic heterocycles. The Morgan fingerprint density at radius 2 is 1.71 bits per heavy atom. The van der Waals surface area contributed by atoms with Crippen molar-refractivity contribution in [3.63, 3.8) is 0 Å². The standard InChI is InChI=1S/C20H21FN2O4S/c21-17-9-5-4-8-16(17)18-10-11-23(12-13-28(18,26)27)19(24)14-22-20(25)15-6-2-1-3-7-15/h1-9,18H,10-14H2,(H,22,25). The molecule has 0 spiro atoms. The summed E-state index contributed by atoms with van der Waals surface area (Å²) in [5.41, 5.74) is 0.572. The Bertz CT molecular complexity index is 963. The highest BCUT2D eigenvalue weighted by Gasteiger charge is 2.34. The van der Waals surface area contributed by atoms with Gasteiger partial charge in [-0.05, 0) is 24.6 Å². The van der Waals surface area contributed by atoms with Gasteiger partial charge in [0, 0.05) is 24.2 Å². The number of nitrogens with zero attached hydrogens (tertiary/aromatic N) is 1. The zero-order chi connectivity index (χ0) is 20.1. The van der Waals surface area contributed by atoms with Gasteiger partial charge >= 0.3 is 0 Å². The van der Waals surface area contributed by atoms with Crippen LogP contribution in [0.2, 0.25) is 0 Å². The van der Waals surface area contributed by atoms with Crippen molar-refractivity contribution >= 4 is 21.7 Å². The number of amides is 2. The lowest BCUT2D eigenvalue weighted by Gasteiger charge is -2.20. The third-order valence-corrected chi connectivity index (χ3v) is 6.89. The highest BCUT2D eigenvalue weighted by atomic mass is 32.2. The fraction of sp³-hybridized carbons (Fsp3) is 0.300. The van der Waals surface area contributed by atoms with Crippen molar-refractivity contribution in [2.45, 2.75) is 11.7 Å². The maximum Gasteiger partial charge on any atom is 0.251 e. The molecule has 2 aromatic rings. The van der Waals surface area contributed by atoms with E-state index in [2.05, 4.69) is 5.32 Å². The van der Waals surface area contributed by atoms with Gasteiger partial charge in [-0.3, -0.25) is 9.59 Å². The lowest BCUT2D eigenvalue weighted by molar-refractivity contribution is -0.129. The number of halogens is 1. The Morgan fingerprint density at radius 3 is 2.43 bits per heavy atom. The van der Waals surface area contributed by atoms with Crippen LogP contribution >= 0.6 is 0 Å². The fourth-order valence-electron chi connectivity index (χ4n) is 3.24. The molecule has 1 fully saturated rings. The van der Waals surface area contributed by atoms with E-state index < -0.39 is 20.9 Å². The molecule has 2 aromatic carbocycles. The van der Waals surface area contributed by atoms with Crippen LogP contribution in [0.5, 0.6) is 0 Å². The van der Waals surface area contributed by atoms with E-state index in [-0.39, 0.29) is 49.2 Å². The van der Waals surface area contributed by atoms with Crippen LogP contribution in [0.1, 0.15) is 27.6 Å². The number of hydrogen-bond donors (Lipinski definition) is 1. The van der Waals surface area contributed by atoms with Crippen LogP contribution in [0.3, 0.4) is 0 Å². The summed E-state index contributed by atoms with van der Waals surface area (Å²) in [6.45, 7) is -0.0241. The van der Waals surface area contributed by atoms with E-state index in [4.69, 9.17) is 0 Å². The Balaban J connectivity index is 1.64. The molecule has 6 nitrogen and oxygen atoms in total. The van der Waals surface area contributed by atoms with E-state index >= 15 is 0 Å². The molecular weight excluding hydrogens is 383 g/mol. The van der Waals surface area contributed by atoms with E-state index in [0.717, 1.165) is 0 Å². The van der Waals surface area contributed by atoms with Gasteiger partial charge in [-0.25, -0.2) is 12.8 Å². The van der Waals surface area contributed by atoms with Crippen LogP contribution in [0, 0.1) is 5.82 Å². The summed E-state index contributed by atoms with van der Waals surface area (Å²) < 4.78 is 39.3. The SMILES string of the molecule is O=C(NCC(=O)N1CCC(c2ccccc2F)S(=O)(=O)CC1)c1ccccc1. The van der Waals surface area contributed by atoms with Gasteiger partial charge in [-0.15, -0.1) is 0 Å². The second-order valence-electron chi connectivity index (χ2n) is 6.60. The summed E-state index contributed by atoms with van der Waals surface area (Å²) in [5, 5.41) is 1.57. The molecule has 1 aliphatic heterocycles. The average Bonchev–Trinajstić information content (AvgIpc) is 2.85. The molecule has 0 saturated carbocycles. The van der Waals surface area contributed by atoms with Gasteiger partial charge in [0.15, 0.2) is 9.84 Å². The molecular formula is C20H21FN2O4S. The smallest absolute Gasteiger partial charge is 0.251 e. The second-order valence-corrected chi connectivity index (χ2v) is 8.90. The first-order valence-electron chi connectivity index (χ1n) is 8.95. The first-order valence-corrected chi connectivity index (χ1v) is 10.7. The van der Waals surface area contributed by atoms with E-state index in [1.165, 1.54) is 23.1 Å². The van der Waals surface area contributed by atoms with Crippen molar-refractivity contribution in [3.05, 3.63) is 71.5 Å². The number of rotatable bonds is 4. The predicted molar refractivity (Wildman–Crippen MR) is 103 cm³/mol. The highest BCUT2D eigenvalue weighted by Crippen LogP contribution is 2.31. The van der Waals surface area contributed by atoms with Gasteiger partial charge in [0.1, 0.15) is 5.82 Å². The first-order chi connectivity index (χ1) is 13.4. The van der Waals surface area contributed by atoms with Crippen molar-refractivity contribution in [2.24, 2.45) is 0 Å². The molecule has 3 rings (SSSR count). The van der Waals surface area contributed by atoms with Gasteiger partial charge in [-0.1, -0.05) is 36.4 Å². The summed E-state index contributed by atoms with van der Waals surface area (Å²) in [4.78, 5) is 25.9. The Kier molecular flexibility index (Phi) is 6.08. The monoisotopic (exact) mass is 404 g/mol. The van der Waals surface area contributed by atoms with E-state index in [9.17, 15) is 22.4 Å². The average molecular weight is 404 g/mol. The zero-order valence-corrected chi connectivity index (χ0v) is 16.0. The summed E-state index contributed by atoms with van der Waals surface area (Å²) in [6, 6.07) is 14.3. The minimum absolute atomic E-state index is 0.0212. The van der Waals surface area contributed by atoms with Crippen LogP contribution < -0.4 is 5.32 Å². The molecule has 148 valence electrons. The number of carbonyl (C=O) groups is 2. The van der Waals surface area contributed by atoms with Gasteiger partial charge in [-0.2, -0.15) is 0 Å². The maximum absolute atomic E-state index is 14.1. The Hall–Kier alpha value is -2.74. The molecule has 0 aliphatic carbocycles. The molecule has 0 radical (unpaired) electrons. The Labute approximate surface area is 163 Å². The van der Waals surface area contributed by atoms with Gasteiger partial charge in [0.2, 0.25) is 5.91 Å². The topological polar surface area (TPSA) is 83.6 Å². The van der Waals surface area contributed by atoms with Crippen molar-refractivity contribution in [1.29, 1.82) is 0 Å². The van der Waals surface area contributed by atoms with Crippen molar-refractivity contribution in [3.8, 4) is 0 Å². The molecule has 0 bridgehead atoms. The predicted octanol–water partition coefficient (Wildman–Crippen LogP) is 1.94. The van der Waals surface area contributed by atoms with Crippen LogP contribution in [0.15, 0.2) is 54.6 Å². The highest BCUT2D eigenvalue weighted by molar-refractivity contribution is 7.91. The van der Waals surface area contributed by atoms with Crippen LogP contribution in [-0.2, 0) is 14.6 Å². The summed E-state index contributed by atoms with van der Waals surface area (Å²) >= 11 is 0. The molecule has 1 N–H and O–H groups in total. The van der Waals surface area contributed by atoms with Gasteiger partial charge < -0.3 is 10.2 Å². The van der Waals surface area contributed by atoms with Crippen LogP contribution in [0.25, 0.3) is 0 Å². The molecule has 1 saturated heterocycles. The molecule has 1 atom stereocenters. The van der Waals surface area contributed by atoms with Gasteiger partial charge in [0.25, 0.3) is 5.91 Å². The molecule has 8 heteroatoms. The number of hydrogen-bond acceptors (Lipinski definition) is 4. The molecule has 1 unspecified atom stereocenters. The summed E-state index contributed by atoms with van der Waals surface area (Å²) in [5.74, 6) is -1.55. The Morgan fingerprint density at radius 1 is 1.04 bits per heavy atom. The number of nitrogens with one attached hydrogen (secondary N) is 1. The minimum atomic E-state index is -3.60. The lowest BCUT2D eigenvalue weighted by atomic mass is 10.1. The van der Waals surface area contributed by atoms with E-state index in [1.54, 1.807) is 36.4 Å². The van der Waals surface area contributed by atoms with Crippen LogP contribution in [0.4, 0.5) is 4.39 Å². The first kappa shape index (κ1) is 20.0. The third kappa shape index (κ3) is 4.56. The lowest BCUT2D eigenvalue weighted by Crippen LogP contribution is -2.41.